The minimum atomic E-state index is -4.36. The van der Waals surface area contributed by atoms with Crippen molar-refractivity contribution in [2.45, 2.75) is 6.18 Å². The van der Waals surface area contributed by atoms with Crippen molar-refractivity contribution in [3.63, 3.8) is 0 Å². The van der Waals surface area contributed by atoms with E-state index in [1.54, 1.807) is 0 Å². The summed E-state index contributed by atoms with van der Waals surface area (Å²) < 4.78 is 37.3. The lowest BCUT2D eigenvalue weighted by molar-refractivity contribution is -0.137. The van der Waals surface area contributed by atoms with Crippen LogP contribution in [0.5, 0.6) is 0 Å². The van der Waals surface area contributed by atoms with Gasteiger partial charge in [-0.25, -0.2) is 0 Å². The molecule has 2 rings (SSSR count). The Morgan fingerprint density at radius 1 is 0.889 bits per heavy atom. The fraction of sp³-hybridized carbons (Fsp3) is 0.0833. The molecule has 0 saturated heterocycles. The Labute approximate surface area is 111 Å². The van der Waals surface area contributed by atoms with E-state index in [4.69, 9.17) is 23.2 Å². The summed E-state index contributed by atoms with van der Waals surface area (Å²) in [7, 11) is 0. The van der Waals surface area contributed by atoms with Crippen molar-refractivity contribution in [2.75, 3.05) is 0 Å². The lowest BCUT2D eigenvalue weighted by Crippen LogP contribution is -2.04. The fourth-order valence-corrected chi connectivity index (χ4v) is 2.10. The van der Waals surface area contributed by atoms with E-state index in [0.717, 1.165) is 12.1 Å². The normalized spacial score (nSPS) is 11.6. The minimum absolute atomic E-state index is 0.294. The molecule has 0 aliphatic carbocycles. The van der Waals surface area contributed by atoms with Crippen LogP contribution < -0.4 is 0 Å². The van der Waals surface area contributed by atoms with Gasteiger partial charge in [-0.2, -0.15) is 13.2 Å². The summed E-state index contributed by atoms with van der Waals surface area (Å²) in [5.74, 6) is 0. The van der Waals surface area contributed by atoms with Gasteiger partial charge in [0.2, 0.25) is 0 Å². The molecule has 0 bridgehead atoms. The third-order valence-corrected chi connectivity index (χ3v) is 2.93. The first kappa shape index (κ1) is 13.2. The molecule has 0 aliphatic rings. The molecule has 1 aromatic heterocycles. The van der Waals surface area contributed by atoms with Crippen molar-refractivity contribution in [1.29, 1.82) is 0 Å². The highest BCUT2D eigenvalue weighted by molar-refractivity contribution is 6.38. The van der Waals surface area contributed by atoms with Gasteiger partial charge in [0.15, 0.2) is 0 Å². The molecule has 0 amide bonds. The van der Waals surface area contributed by atoms with E-state index in [1.165, 1.54) is 24.5 Å². The summed E-state index contributed by atoms with van der Waals surface area (Å²) in [5, 5.41) is 0.588. The number of aromatic nitrogens is 1. The smallest absolute Gasteiger partial charge is 0.262 e. The first-order chi connectivity index (χ1) is 8.39. The molecular formula is C12H6Cl2F3N. The molecule has 0 saturated carbocycles. The van der Waals surface area contributed by atoms with Crippen LogP contribution in [0.2, 0.25) is 10.0 Å². The van der Waals surface area contributed by atoms with Gasteiger partial charge in [-0.3, -0.25) is 4.98 Å². The molecule has 0 radical (unpaired) electrons. The predicted molar refractivity (Wildman–Crippen MR) is 64.7 cm³/mol. The Hall–Kier alpha value is -1.26. The van der Waals surface area contributed by atoms with E-state index >= 15 is 0 Å². The van der Waals surface area contributed by atoms with E-state index < -0.39 is 11.7 Å². The van der Waals surface area contributed by atoms with Gasteiger partial charge >= 0.3 is 6.18 Å². The quantitative estimate of drug-likeness (QED) is 0.714. The highest BCUT2D eigenvalue weighted by Crippen LogP contribution is 2.36. The Bertz CT molecular complexity index is 544. The minimum Gasteiger partial charge on any atom is -0.262 e. The van der Waals surface area contributed by atoms with Crippen LogP contribution in [0.25, 0.3) is 11.1 Å². The molecule has 94 valence electrons. The van der Waals surface area contributed by atoms with E-state index in [-0.39, 0.29) is 0 Å². The van der Waals surface area contributed by atoms with Crippen molar-refractivity contribution in [3.8, 4) is 11.1 Å². The van der Waals surface area contributed by atoms with Crippen molar-refractivity contribution in [3.05, 3.63) is 52.3 Å². The third-order valence-electron chi connectivity index (χ3n) is 2.35. The van der Waals surface area contributed by atoms with Crippen molar-refractivity contribution >= 4 is 23.2 Å². The van der Waals surface area contributed by atoms with Crippen LogP contribution in [0.3, 0.4) is 0 Å². The second kappa shape index (κ2) is 4.78. The predicted octanol–water partition coefficient (Wildman–Crippen LogP) is 5.07. The molecule has 0 fully saturated rings. The lowest BCUT2D eigenvalue weighted by atomic mass is 10.0. The number of nitrogens with zero attached hydrogens (tertiary/aromatic N) is 1. The summed E-state index contributed by atoms with van der Waals surface area (Å²) in [6.45, 7) is 0. The first-order valence-corrected chi connectivity index (χ1v) is 5.62. The second-order valence-electron chi connectivity index (χ2n) is 3.55. The zero-order valence-corrected chi connectivity index (χ0v) is 10.3. The van der Waals surface area contributed by atoms with Gasteiger partial charge in [0, 0.05) is 18.0 Å². The van der Waals surface area contributed by atoms with Gasteiger partial charge in [0.1, 0.15) is 0 Å². The Morgan fingerprint density at radius 2 is 1.39 bits per heavy atom. The summed E-state index contributed by atoms with van der Waals surface area (Å²) in [5.41, 5.74) is 0.273. The Kier molecular flexibility index (Phi) is 3.50. The van der Waals surface area contributed by atoms with Crippen LogP contribution in [-0.4, -0.2) is 4.98 Å². The molecular weight excluding hydrogens is 286 g/mol. The zero-order valence-electron chi connectivity index (χ0n) is 8.80. The van der Waals surface area contributed by atoms with Gasteiger partial charge < -0.3 is 0 Å². The average molecular weight is 292 g/mol. The van der Waals surface area contributed by atoms with Crippen molar-refractivity contribution in [2.24, 2.45) is 0 Å². The number of hydrogen-bond donors (Lipinski definition) is 0. The van der Waals surface area contributed by atoms with Crippen LogP contribution in [0.1, 0.15) is 5.56 Å². The monoisotopic (exact) mass is 291 g/mol. The molecule has 0 atom stereocenters. The maximum Gasteiger partial charge on any atom is 0.416 e. The number of benzene rings is 1. The molecule has 2 aromatic rings. The summed E-state index contributed by atoms with van der Waals surface area (Å²) in [6.07, 6.45) is -1.58. The maximum atomic E-state index is 12.4. The SMILES string of the molecule is FC(F)(F)c1ccc(-c2c(Cl)cncc2Cl)cc1. The molecule has 1 aromatic carbocycles. The van der Waals surface area contributed by atoms with E-state index in [1.807, 2.05) is 0 Å². The number of alkyl halides is 3. The molecule has 6 heteroatoms. The van der Waals surface area contributed by atoms with Crippen LogP contribution >= 0.6 is 23.2 Å². The Balaban J connectivity index is 2.47. The van der Waals surface area contributed by atoms with Gasteiger partial charge in [-0.05, 0) is 17.7 Å². The standard InChI is InChI=1S/C12H6Cl2F3N/c13-9-5-18-6-10(14)11(9)7-1-3-8(4-2-7)12(15,16)17/h1-6H. The molecule has 0 unspecified atom stereocenters. The fourth-order valence-electron chi connectivity index (χ4n) is 1.51. The van der Waals surface area contributed by atoms with Gasteiger partial charge in [0.25, 0.3) is 0 Å². The van der Waals surface area contributed by atoms with Gasteiger partial charge in [-0.1, -0.05) is 35.3 Å². The number of halogens is 5. The van der Waals surface area contributed by atoms with E-state index in [0.29, 0.717) is 21.2 Å². The molecule has 18 heavy (non-hydrogen) atoms. The summed E-state index contributed by atoms with van der Waals surface area (Å²) in [4.78, 5) is 3.78. The van der Waals surface area contributed by atoms with E-state index in [2.05, 4.69) is 4.98 Å². The summed E-state index contributed by atoms with van der Waals surface area (Å²) >= 11 is 11.8. The Morgan fingerprint density at radius 3 is 1.83 bits per heavy atom. The topological polar surface area (TPSA) is 12.9 Å². The third kappa shape index (κ3) is 2.60. The van der Waals surface area contributed by atoms with Crippen molar-refractivity contribution < 1.29 is 13.2 Å². The first-order valence-electron chi connectivity index (χ1n) is 4.86. The van der Waals surface area contributed by atoms with Crippen LogP contribution in [-0.2, 0) is 6.18 Å². The maximum absolute atomic E-state index is 12.4. The molecule has 0 N–H and O–H groups in total. The molecule has 1 nitrogen and oxygen atoms in total. The average Bonchev–Trinajstić information content (AvgIpc) is 2.28. The highest BCUT2D eigenvalue weighted by Gasteiger charge is 2.30. The second-order valence-corrected chi connectivity index (χ2v) is 4.37. The van der Waals surface area contributed by atoms with Crippen molar-refractivity contribution in [1.82, 2.24) is 4.98 Å². The molecule has 0 aliphatic heterocycles. The number of pyridine rings is 1. The van der Waals surface area contributed by atoms with Gasteiger partial charge in [-0.15, -0.1) is 0 Å². The zero-order chi connectivity index (χ0) is 13.3. The highest BCUT2D eigenvalue weighted by atomic mass is 35.5. The number of hydrogen-bond acceptors (Lipinski definition) is 1. The van der Waals surface area contributed by atoms with Gasteiger partial charge in [0.05, 0.1) is 15.6 Å². The summed E-state index contributed by atoms with van der Waals surface area (Å²) in [6, 6.07) is 4.64. The van der Waals surface area contributed by atoms with Crippen LogP contribution in [0, 0.1) is 0 Å². The largest absolute Gasteiger partial charge is 0.416 e. The lowest BCUT2D eigenvalue weighted by Gasteiger charge is -2.09. The van der Waals surface area contributed by atoms with Crippen LogP contribution in [0.15, 0.2) is 36.7 Å². The number of rotatable bonds is 1. The van der Waals surface area contributed by atoms with Crippen LogP contribution in [0.4, 0.5) is 13.2 Å². The molecule has 0 spiro atoms. The molecule has 1 heterocycles. The van der Waals surface area contributed by atoms with E-state index in [9.17, 15) is 13.2 Å².